The number of nitrogens with one attached hydrogen (secondary N) is 1. The molecular weight excluding hydrogens is 324 g/mol. The van der Waals surface area contributed by atoms with Crippen molar-refractivity contribution in [2.24, 2.45) is 5.92 Å². The Balaban J connectivity index is 1.82. The molecule has 1 aromatic heterocycles. The molecule has 1 aliphatic carbocycles. The number of aromatic nitrogens is 1. The topological polar surface area (TPSA) is 79.3 Å². The smallest absolute Gasteiger partial charge is 0.200 e. The van der Waals surface area contributed by atoms with Gasteiger partial charge in [-0.3, -0.25) is 0 Å². The number of sulfone groups is 1. The van der Waals surface area contributed by atoms with Crippen molar-refractivity contribution in [2.75, 3.05) is 11.9 Å². The van der Waals surface area contributed by atoms with Gasteiger partial charge in [0.05, 0.1) is 22.7 Å². The van der Waals surface area contributed by atoms with Crippen LogP contribution < -0.4 is 5.32 Å². The van der Waals surface area contributed by atoms with Gasteiger partial charge in [0, 0.05) is 6.54 Å². The van der Waals surface area contributed by atoms with Gasteiger partial charge >= 0.3 is 0 Å². The summed E-state index contributed by atoms with van der Waals surface area (Å²) < 4.78 is 23.8. The second-order valence-electron chi connectivity index (χ2n) is 7.68. The van der Waals surface area contributed by atoms with Crippen molar-refractivity contribution in [1.29, 1.82) is 0 Å². The van der Waals surface area contributed by atoms with E-state index in [0.717, 1.165) is 44.3 Å². The van der Waals surface area contributed by atoms with Crippen molar-refractivity contribution < 1.29 is 13.5 Å². The van der Waals surface area contributed by atoms with Gasteiger partial charge in [-0.05, 0) is 64.5 Å². The molecule has 1 aliphatic rings. The highest BCUT2D eigenvalue weighted by atomic mass is 32.2. The van der Waals surface area contributed by atoms with Crippen LogP contribution in [0.3, 0.4) is 0 Å². The number of pyridine rings is 1. The maximum Gasteiger partial charge on any atom is 0.200 e. The minimum Gasteiger partial charge on any atom is -0.393 e. The van der Waals surface area contributed by atoms with E-state index < -0.39 is 14.6 Å². The summed E-state index contributed by atoms with van der Waals surface area (Å²) in [6.07, 6.45) is 7.89. The lowest BCUT2D eigenvalue weighted by Gasteiger charge is -2.27. The van der Waals surface area contributed by atoms with Gasteiger partial charge in [0.2, 0.25) is 0 Å². The van der Waals surface area contributed by atoms with E-state index in [1.165, 1.54) is 6.42 Å². The minimum absolute atomic E-state index is 0.117. The average Bonchev–Trinajstić information content (AvgIpc) is 2.52. The van der Waals surface area contributed by atoms with Gasteiger partial charge in [-0.1, -0.05) is 12.8 Å². The number of hydrogen-bond donors (Lipinski definition) is 2. The van der Waals surface area contributed by atoms with E-state index in [1.807, 2.05) is 0 Å². The van der Waals surface area contributed by atoms with Crippen LogP contribution in [0, 0.1) is 5.92 Å². The first-order valence-electron chi connectivity index (χ1n) is 8.84. The summed E-state index contributed by atoms with van der Waals surface area (Å²) in [6, 6.07) is 3.33. The molecule has 0 spiro atoms. The molecule has 2 rings (SSSR count). The number of nitrogens with zero attached hydrogens (tertiary/aromatic N) is 1. The molecule has 0 bridgehead atoms. The van der Waals surface area contributed by atoms with Crippen LogP contribution >= 0.6 is 0 Å². The van der Waals surface area contributed by atoms with Gasteiger partial charge in [0.15, 0.2) is 14.9 Å². The Morgan fingerprint density at radius 1 is 1.25 bits per heavy atom. The third kappa shape index (κ3) is 4.70. The number of anilines is 1. The largest absolute Gasteiger partial charge is 0.393 e. The highest BCUT2D eigenvalue weighted by Crippen LogP contribution is 2.28. The van der Waals surface area contributed by atoms with Crippen LogP contribution in [0.2, 0.25) is 0 Å². The molecular formula is C18H30N2O3S. The predicted molar refractivity (Wildman–Crippen MR) is 96.9 cm³/mol. The molecule has 6 heteroatoms. The first kappa shape index (κ1) is 19.2. The average molecular weight is 355 g/mol. The normalized spacial score (nSPS) is 22.3. The van der Waals surface area contributed by atoms with E-state index in [9.17, 15) is 13.5 Å². The van der Waals surface area contributed by atoms with E-state index in [-0.39, 0.29) is 11.1 Å². The quantitative estimate of drug-likeness (QED) is 0.766. The minimum atomic E-state index is -3.41. The molecule has 2 atom stereocenters. The van der Waals surface area contributed by atoms with Gasteiger partial charge in [-0.25, -0.2) is 13.4 Å². The SMILES string of the molecule is CC(C)(C)S(=O)(=O)c1ccc(NCCCC2CCCCC2O)cn1. The fourth-order valence-electron chi connectivity index (χ4n) is 3.08. The maximum absolute atomic E-state index is 12.3. The second-order valence-corrected chi connectivity index (χ2v) is 10.3. The van der Waals surface area contributed by atoms with Crippen LogP contribution in [-0.2, 0) is 9.84 Å². The molecule has 2 N–H and O–H groups in total. The van der Waals surface area contributed by atoms with Crippen LogP contribution in [-0.4, -0.2) is 35.9 Å². The summed E-state index contributed by atoms with van der Waals surface area (Å²) >= 11 is 0. The van der Waals surface area contributed by atoms with Crippen LogP contribution in [0.5, 0.6) is 0 Å². The lowest BCUT2D eigenvalue weighted by molar-refractivity contribution is 0.0648. The lowest BCUT2D eigenvalue weighted by Crippen LogP contribution is -2.28. The fourth-order valence-corrected chi connectivity index (χ4v) is 4.15. The highest BCUT2D eigenvalue weighted by Gasteiger charge is 2.31. The zero-order chi connectivity index (χ0) is 17.8. The van der Waals surface area contributed by atoms with Gasteiger partial charge in [-0.15, -0.1) is 0 Å². The third-order valence-corrected chi connectivity index (χ3v) is 7.17. The van der Waals surface area contributed by atoms with Gasteiger partial charge in [0.1, 0.15) is 0 Å². The highest BCUT2D eigenvalue weighted by molar-refractivity contribution is 7.92. The number of aliphatic hydroxyl groups excluding tert-OH is 1. The standard InChI is InChI=1S/C18H30N2O3S/c1-18(2,3)24(22,23)17-11-10-15(13-20-17)19-12-6-8-14-7-4-5-9-16(14)21/h10-11,13-14,16,19,21H,4-9,12H2,1-3H3. The zero-order valence-electron chi connectivity index (χ0n) is 15.0. The molecule has 0 amide bonds. The van der Waals surface area contributed by atoms with Crippen molar-refractivity contribution in [3.63, 3.8) is 0 Å². The summed E-state index contributed by atoms with van der Waals surface area (Å²) in [6.45, 7) is 5.83. The lowest BCUT2D eigenvalue weighted by atomic mass is 9.83. The van der Waals surface area contributed by atoms with E-state index in [4.69, 9.17) is 0 Å². The molecule has 1 saturated carbocycles. The van der Waals surface area contributed by atoms with Crippen molar-refractivity contribution in [3.05, 3.63) is 18.3 Å². The zero-order valence-corrected chi connectivity index (χ0v) is 15.8. The molecule has 1 heterocycles. The maximum atomic E-state index is 12.3. The number of aliphatic hydroxyl groups is 1. The molecule has 24 heavy (non-hydrogen) atoms. The monoisotopic (exact) mass is 354 g/mol. The molecule has 136 valence electrons. The van der Waals surface area contributed by atoms with Gasteiger partial charge in [0.25, 0.3) is 0 Å². The van der Waals surface area contributed by atoms with Crippen molar-refractivity contribution in [3.8, 4) is 0 Å². The Morgan fingerprint density at radius 2 is 1.96 bits per heavy atom. The van der Waals surface area contributed by atoms with Gasteiger partial charge in [-0.2, -0.15) is 0 Å². The van der Waals surface area contributed by atoms with E-state index >= 15 is 0 Å². The first-order valence-corrected chi connectivity index (χ1v) is 10.3. The van der Waals surface area contributed by atoms with E-state index in [1.54, 1.807) is 39.1 Å². The molecule has 1 aromatic rings. The van der Waals surface area contributed by atoms with E-state index in [2.05, 4.69) is 10.3 Å². The molecule has 0 aliphatic heterocycles. The number of rotatable bonds is 6. The van der Waals surface area contributed by atoms with E-state index in [0.29, 0.717) is 5.92 Å². The van der Waals surface area contributed by atoms with Crippen LogP contribution in [0.25, 0.3) is 0 Å². The number of hydrogen-bond acceptors (Lipinski definition) is 5. The Hall–Kier alpha value is -1.14. The Kier molecular flexibility index (Phi) is 6.26. The van der Waals surface area contributed by atoms with Gasteiger partial charge < -0.3 is 10.4 Å². The molecule has 1 fully saturated rings. The summed E-state index contributed by atoms with van der Waals surface area (Å²) in [5.74, 6) is 0.429. The molecule has 0 saturated heterocycles. The third-order valence-electron chi connectivity index (χ3n) is 4.77. The fraction of sp³-hybridized carbons (Fsp3) is 0.722. The molecule has 5 nitrogen and oxygen atoms in total. The van der Waals surface area contributed by atoms with Crippen LogP contribution in [0.4, 0.5) is 5.69 Å². The first-order chi connectivity index (χ1) is 11.2. The van der Waals surface area contributed by atoms with Crippen LogP contribution in [0.1, 0.15) is 59.3 Å². The van der Waals surface area contributed by atoms with Crippen LogP contribution in [0.15, 0.2) is 23.4 Å². The van der Waals surface area contributed by atoms with Crippen molar-refractivity contribution >= 4 is 15.5 Å². The Labute approximate surface area is 145 Å². The van der Waals surface area contributed by atoms with Crippen molar-refractivity contribution in [1.82, 2.24) is 4.98 Å². The predicted octanol–water partition coefficient (Wildman–Crippen LogP) is 3.40. The summed E-state index contributed by atoms with van der Waals surface area (Å²) in [5, 5.41) is 13.4. The Morgan fingerprint density at radius 3 is 2.54 bits per heavy atom. The van der Waals surface area contributed by atoms with Crippen molar-refractivity contribution in [2.45, 2.75) is 75.2 Å². The summed E-state index contributed by atoms with van der Waals surface area (Å²) in [5.41, 5.74) is 0.826. The summed E-state index contributed by atoms with van der Waals surface area (Å²) in [7, 11) is -3.41. The molecule has 0 radical (unpaired) electrons. The second kappa shape index (κ2) is 7.83. The molecule has 2 unspecified atom stereocenters. The molecule has 0 aromatic carbocycles. The summed E-state index contributed by atoms with van der Waals surface area (Å²) in [4.78, 5) is 4.11. The Bertz CT molecular complexity index is 621.